The number of ketones is 1. The Balaban J connectivity index is 3.24. The number of Topliss-reactive ketones (excluding diaryl/α,β-unsaturated/α-hetero) is 1. The van der Waals surface area contributed by atoms with E-state index in [9.17, 15) is 19.1 Å². The van der Waals surface area contributed by atoms with Crippen LogP contribution in [0.3, 0.4) is 0 Å². The Morgan fingerprint density at radius 3 is 2.18 bits per heavy atom. The van der Waals surface area contributed by atoms with Crippen LogP contribution >= 0.6 is 7.60 Å². The zero-order valence-electron chi connectivity index (χ0n) is 9.75. The molecule has 2 N–H and O–H groups in total. The first-order chi connectivity index (χ1) is 7.72. The third-order valence-electron chi connectivity index (χ3n) is 2.78. The molecule has 0 aliphatic carbocycles. The first-order valence-electron chi connectivity index (χ1n) is 5.03. The van der Waals surface area contributed by atoms with Crippen LogP contribution in [0.15, 0.2) is 36.9 Å². The van der Waals surface area contributed by atoms with Crippen molar-refractivity contribution >= 4 is 13.4 Å². The lowest BCUT2D eigenvalue weighted by molar-refractivity contribution is 0.0954. The van der Waals surface area contributed by atoms with E-state index < -0.39 is 18.5 Å². The van der Waals surface area contributed by atoms with Gasteiger partial charge in [-0.25, -0.2) is 0 Å². The fraction of sp³-hybridized carbons (Fsp3) is 0.250. The molecule has 92 valence electrons. The molecule has 4 nitrogen and oxygen atoms in total. The van der Waals surface area contributed by atoms with Crippen LogP contribution < -0.4 is 0 Å². The predicted molar refractivity (Wildman–Crippen MR) is 66.2 cm³/mol. The van der Waals surface area contributed by atoms with Crippen LogP contribution in [-0.4, -0.2) is 20.7 Å². The lowest BCUT2D eigenvalue weighted by Gasteiger charge is -2.25. The van der Waals surface area contributed by atoms with Crippen LogP contribution in [0.4, 0.5) is 0 Å². The van der Waals surface area contributed by atoms with Crippen molar-refractivity contribution < 1.29 is 19.1 Å². The topological polar surface area (TPSA) is 74.6 Å². The third kappa shape index (κ3) is 2.55. The summed E-state index contributed by atoms with van der Waals surface area (Å²) in [6.07, 6.45) is 1.01. The van der Waals surface area contributed by atoms with Crippen LogP contribution in [0.5, 0.6) is 0 Å². The third-order valence-corrected chi connectivity index (χ3v) is 4.37. The highest BCUT2D eigenvalue weighted by Crippen LogP contribution is 2.52. The number of carbonyl (C=O) groups is 1. The highest BCUT2D eigenvalue weighted by molar-refractivity contribution is 7.55. The lowest BCUT2D eigenvalue weighted by Crippen LogP contribution is -2.32. The van der Waals surface area contributed by atoms with E-state index in [0.717, 1.165) is 11.6 Å². The van der Waals surface area contributed by atoms with Gasteiger partial charge < -0.3 is 9.79 Å². The molecule has 0 saturated heterocycles. The summed E-state index contributed by atoms with van der Waals surface area (Å²) in [7, 11) is -4.59. The van der Waals surface area contributed by atoms with Gasteiger partial charge in [-0.05, 0) is 13.8 Å². The molecule has 0 aromatic heterocycles. The average molecular weight is 254 g/mol. The minimum atomic E-state index is -4.59. The predicted octanol–water partition coefficient (Wildman–Crippen LogP) is 2.30. The fourth-order valence-corrected chi connectivity index (χ4v) is 1.97. The van der Waals surface area contributed by atoms with Gasteiger partial charge in [-0.3, -0.25) is 9.36 Å². The van der Waals surface area contributed by atoms with Crippen molar-refractivity contribution in [2.45, 2.75) is 19.0 Å². The van der Waals surface area contributed by atoms with E-state index >= 15 is 0 Å². The Hall–Kier alpha value is -1.22. The van der Waals surface area contributed by atoms with Crippen LogP contribution in [-0.2, 0) is 4.57 Å². The molecule has 1 aromatic rings. The second-order valence-electron chi connectivity index (χ2n) is 4.09. The molecule has 5 heteroatoms. The molecule has 1 atom stereocenters. The molecule has 1 rings (SSSR count). The SMILES string of the molecule is C=CC(C)(C(=O)c1ccc(C)cc1)P(=O)(O)O. The number of benzene rings is 1. The van der Waals surface area contributed by atoms with E-state index in [1.165, 1.54) is 6.92 Å². The summed E-state index contributed by atoms with van der Waals surface area (Å²) < 4.78 is 11.4. The minimum absolute atomic E-state index is 0.265. The van der Waals surface area contributed by atoms with Gasteiger partial charge in [-0.1, -0.05) is 35.9 Å². The average Bonchev–Trinajstić information content (AvgIpc) is 2.26. The zero-order valence-corrected chi connectivity index (χ0v) is 10.6. The van der Waals surface area contributed by atoms with Crippen LogP contribution in [0.25, 0.3) is 0 Å². The molecule has 0 fully saturated rings. The van der Waals surface area contributed by atoms with Gasteiger partial charge >= 0.3 is 7.60 Å². The van der Waals surface area contributed by atoms with Crippen LogP contribution in [0.1, 0.15) is 22.8 Å². The summed E-state index contributed by atoms with van der Waals surface area (Å²) in [6.45, 7) is 6.41. The standard InChI is InChI=1S/C12H15O4P/c1-4-12(3,17(14,15)16)11(13)10-7-5-9(2)6-8-10/h4-8H,1H2,2-3H3,(H2,14,15,16). The minimum Gasteiger partial charge on any atom is -0.324 e. The van der Waals surface area contributed by atoms with E-state index in [0.29, 0.717) is 0 Å². The second kappa shape index (κ2) is 4.57. The maximum Gasteiger partial charge on any atom is 0.342 e. The van der Waals surface area contributed by atoms with Crippen molar-refractivity contribution in [2.24, 2.45) is 0 Å². The molecule has 0 heterocycles. The molecule has 0 aliphatic heterocycles. The highest BCUT2D eigenvalue weighted by atomic mass is 31.2. The van der Waals surface area contributed by atoms with E-state index in [4.69, 9.17) is 0 Å². The Bertz CT molecular complexity index is 486. The number of aryl methyl sites for hydroxylation is 1. The number of rotatable bonds is 4. The van der Waals surface area contributed by atoms with Crippen molar-refractivity contribution in [2.75, 3.05) is 0 Å². The summed E-state index contributed by atoms with van der Waals surface area (Å²) in [4.78, 5) is 30.6. The van der Waals surface area contributed by atoms with Crippen molar-refractivity contribution in [3.63, 3.8) is 0 Å². The summed E-state index contributed by atoms with van der Waals surface area (Å²) >= 11 is 0. The van der Waals surface area contributed by atoms with E-state index in [1.807, 2.05) is 6.92 Å². The Labute approximate surface area is 100 Å². The Morgan fingerprint density at radius 1 is 1.35 bits per heavy atom. The van der Waals surface area contributed by atoms with Gasteiger partial charge in [0.1, 0.15) is 5.16 Å². The summed E-state index contributed by atoms with van der Waals surface area (Å²) in [6, 6.07) is 6.54. The summed E-state index contributed by atoms with van der Waals surface area (Å²) in [5.41, 5.74) is 1.24. The van der Waals surface area contributed by atoms with E-state index in [2.05, 4.69) is 6.58 Å². The molecule has 1 aromatic carbocycles. The maximum absolute atomic E-state index is 12.1. The van der Waals surface area contributed by atoms with Gasteiger partial charge in [0.25, 0.3) is 0 Å². The number of hydrogen-bond acceptors (Lipinski definition) is 2. The molecule has 0 aliphatic rings. The quantitative estimate of drug-likeness (QED) is 0.491. The molecule has 1 unspecified atom stereocenters. The molecule has 0 spiro atoms. The summed E-state index contributed by atoms with van der Waals surface area (Å²) in [5, 5.41) is -1.87. The number of carbonyl (C=O) groups excluding carboxylic acids is 1. The van der Waals surface area contributed by atoms with Crippen LogP contribution in [0.2, 0.25) is 0 Å². The molecule has 0 radical (unpaired) electrons. The van der Waals surface area contributed by atoms with Crippen molar-refractivity contribution in [1.82, 2.24) is 0 Å². The number of allylic oxidation sites excluding steroid dienone is 1. The summed E-state index contributed by atoms with van der Waals surface area (Å²) in [5.74, 6) is -0.624. The van der Waals surface area contributed by atoms with Crippen molar-refractivity contribution in [1.29, 1.82) is 0 Å². The van der Waals surface area contributed by atoms with Gasteiger partial charge in [0.05, 0.1) is 0 Å². The first kappa shape index (κ1) is 13.8. The fourth-order valence-electron chi connectivity index (χ4n) is 1.34. The monoisotopic (exact) mass is 254 g/mol. The first-order valence-corrected chi connectivity index (χ1v) is 6.64. The van der Waals surface area contributed by atoms with Gasteiger partial charge in [-0.15, -0.1) is 6.58 Å². The molecule has 0 saturated carbocycles. The maximum atomic E-state index is 12.1. The normalized spacial score (nSPS) is 15.1. The Morgan fingerprint density at radius 2 is 1.82 bits per heavy atom. The van der Waals surface area contributed by atoms with Gasteiger partial charge in [-0.2, -0.15) is 0 Å². The Kier molecular flexibility index (Phi) is 3.72. The molecular formula is C12H15O4P. The number of hydrogen-bond donors (Lipinski definition) is 2. The van der Waals surface area contributed by atoms with E-state index in [1.54, 1.807) is 24.3 Å². The van der Waals surface area contributed by atoms with Gasteiger partial charge in [0.15, 0.2) is 5.78 Å². The second-order valence-corrected chi connectivity index (χ2v) is 6.11. The lowest BCUT2D eigenvalue weighted by atomic mass is 9.98. The van der Waals surface area contributed by atoms with Gasteiger partial charge in [0, 0.05) is 5.56 Å². The van der Waals surface area contributed by atoms with Crippen LogP contribution in [0, 0.1) is 6.92 Å². The smallest absolute Gasteiger partial charge is 0.324 e. The largest absolute Gasteiger partial charge is 0.342 e. The molecule has 17 heavy (non-hydrogen) atoms. The molecular weight excluding hydrogens is 239 g/mol. The zero-order chi connectivity index (χ0) is 13.3. The van der Waals surface area contributed by atoms with Crippen molar-refractivity contribution in [3.05, 3.63) is 48.0 Å². The van der Waals surface area contributed by atoms with Crippen molar-refractivity contribution in [3.8, 4) is 0 Å². The molecule has 0 amide bonds. The van der Waals surface area contributed by atoms with Gasteiger partial charge in [0.2, 0.25) is 0 Å². The highest BCUT2D eigenvalue weighted by Gasteiger charge is 2.46. The van der Waals surface area contributed by atoms with E-state index in [-0.39, 0.29) is 5.56 Å². The molecule has 0 bridgehead atoms.